The van der Waals surface area contributed by atoms with E-state index >= 15 is 0 Å². The summed E-state index contributed by atoms with van der Waals surface area (Å²) < 4.78 is 5.10. The molecule has 2 N–H and O–H groups in total. The maximum atomic E-state index is 11.9. The van der Waals surface area contributed by atoms with Crippen molar-refractivity contribution in [3.63, 3.8) is 0 Å². The molecule has 1 aliphatic heterocycles. The minimum Gasteiger partial charge on any atom is -0.464 e. The number of hydrogen-bond donors (Lipinski definition) is 1. The van der Waals surface area contributed by atoms with Gasteiger partial charge in [0.2, 0.25) is 0 Å². The van der Waals surface area contributed by atoms with Crippen LogP contribution in [0.3, 0.4) is 0 Å². The van der Waals surface area contributed by atoms with E-state index in [4.69, 9.17) is 10.5 Å². The van der Waals surface area contributed by atoms with Crippen molar-refractivity contribution >= 4 is 17.6 Å². The van der Waals surface area contributed by atoms with Crippen molar-refractivity contribution in [2.75, 3.05) is 23.8 Å². The molecule has 1 unspecified atom stereocenters. The monoisotopic (exact) mass is 250 g/mol. The Hall–Kier alpha value is -1.85. The molecule has 0 saturated carbocycles. The molecule has 1 aliphatic rings. The van der Waals surface area contributed by atoms with E-state index in [9.17, 15) is 4.79 Å². The van der Waals surface area contributed by atoms with Crippen LogP contribution in [0.25, 0.3) is 0 Å². The van der Waals surface area contributed by atoms with Gasteiger partial charge in [0, 0.05) is 6.54 Å². The van der Waals surface area contributed by atoms with Crippen molar-refractivity contribution in [3.05, 3.63) is 12.4 Å². The summed E-state index contributed by atoms with van der Waals surface area (Å²) >= 11 is 0. The van der Waals surface area contributed by atoms with Gasteiger partial charge in [0.1, 0.15) is 17.7 Å². The molecule has 1 atom stereocenters. The fourth-order valence-corrected chi connectivity index (χ4v) is 2.17. The topological polar surface area (TPSA) is 81.3 Å². The second-order valence-corrected chi connectivity index (χ2v) is 4.26. The summed E-state index contributed by atoms with van der Waals surface area (Å²) in [6, 6.07) is -0.253. The van der Waals surface area contributed by atoms with Crippen molar-refractivity contribution < 1.29 is 9.53 Å². The van der Waals surface area contributed by atoms with Crippen molar-refractivity contribution in [2.45, 2.75) is 32.2 Å². The molecular formula is C12H18N4O2. The zero-order valence-corrected chi connectivity index (χ0v) is 10.5. The molecular weight excluding hydrogens is 232 g/mol. The molecule has 0 radical (unpaired) electrons. The zero-order valence-electron chi connectivity index (χ0n) is 10.5. The highest BCUT2D eigenvalue weighted by Gasteiger charge is 2.30. The number of nitrogens with two attached hydrogens (primary N) is 1. The fraction of sp³-hybridized carbons (Fsp3) is 0.583. The van der Waals surface area contributed by atoms with Crippen molar-refractivity contribution in [1.29, 1.82) is 0 Å². The second kappa shape index (κ2) is 5.66. The lowest BCUT2D eigenvalue weighted by Crippen LogP contribution is -2.46. The normalized spacial score (nSPS) is 19.6. The number of carbonyl (C=O) groups excluding carboxylic acids is 1. The van der Waals surface area contributed by atoms with Crippen LogP contribution in [0.15, 0.2) is 12.4 Å². The van der Waals surface area contributed by atoms with Crippen LogP contribution in [0.1, 0.15) is 26.2 Å². The molecule has 18 heavy (non-hydrogen) atoms. The summed E-state index contributed by atoms with van der Waals surface area (Å²) in [5, 5.41) is 0. The van der Waals surface area contributed by atoms with Crippen LogP contribution in [0.5, 0.6) is 0 Å². The number of nitrogens with zero attached hydrogens (tertiary/aromatic N) is 3. The lowest BCUT2D eigenvalue weighted by atomic mass is 10.0. The van der Waals surface area contributed by atoms with Gasteiger partial charge in [-0.3, -0.25) is 0 Å². The standard InChI is InChI=1S/C12H18N4O2/c1-2-18-12(17)9-5-3-4-6-16(9)11-8-14-10(13)7-15-11/h7-9H,2-6H2,1H3,(H2,13,14). The number of carbonyl (C=O) groups is 1. The second-order valence-electron chi connectivity index (χ2n) is 4.26. The van der Waals surface area contributed by atoms with Crippen molar-refractivity contribution in [3.8, 4) is 0 Å². The lowest BCUT2D eigenvalue weighted by Gasteiger charge is -2.34. The summed E-state index contributed by atoms with van der Waals surface area (Å²) in [5.74, 6) is 0.876. The summed E-state index contributed by atoms with van der Waals surface area (Å²) in [6.45, 7) is 3.01. The van der Waals surface area contributed by atoms with Gasteiger partial charge >= 0.3 is 5.97 Å². The highest BCUT2D eigenvalue weighted by molar-refractivity contribution is 5.79. The molecule has 1 saturated heterocycles. The van der Waals surface area contributed by atoms with E-state index in [1.807, 2.05) is 11.8 Å². The van der Waals surface area contributed by atoms with E-state index in [2.05, 4.69) is 9.97 Å². The first kappa shape index (κ1) is 12.6. The Labute approximate surface area is 106 Å². The minimum absolute atomic E-state index is 0.184. The Bertz CT molecular complexity index is 407. The quantitative estimate of drug-likeness (QED) is 0.805. The maximum absolute atomic E-state index is 11.9. The van der Waals surface area contributed by atoms with Crippen LogP contribution in [0.2, 0.25) is 0 Å². The van der Waals surface area contributed by atoms with E-state index < -0.39 is 0 Å². The molecule has 0 aromatic carbocycles. The van der Waals surface area contributed by atoms with E-state index in [1.54, 1.807) is 6.20 Å². The number of ether oxygens (including phenoxy) is 1. The van der Waals surface area contributed by atoms with Gasteiger partial charge in [0.05, 0.1) is 19.0 Å². The molecule has 1 aromatic rings. The summed E-state index contributed by atoms with van der Waals surface area (Å²) in [7, 11) is 0. The van der Waals surface area contributed by atoms with Crippen LogP contribution in [0.4, 0.5) is 11.6 Å². The number of esters is 1. The van der Waals surface area contributed by atoms with Gasteiger partial charge < -0.3 is 15.4 Å². The Kier molecular flexibility index (Phi) is 3.96. The Morgan fingerprint density at radius 2 is 2.33 bits per heavy atom. The Balaban J connectivity index is 2.17. The van der Waals surface area contributed by atoms with Crippen LogP contribution >= 0.6 is 0 Å². The van der Waals surface area contributed by atoms with Crippen molar-refractivity contribution in [2.24, 2.45) is 0 Å². The molecule has 0 spiro atoms. The van der Waals surface area contributed by atoms with Gasteiger partial charge in [0.25, 0.3) is 0 Å². The highest BCUT2D eigenvalue weighted by atomic mass is 16.5. The van der Waals surface area contributed by atoms with Crippen LogP contribution in [-0.4, -0.2) is 35.1 Å². The number of nitrogen functional groups attached to an aromatic ring is 1. The molecule has 0 amide bonds. The molecule has 6 heteroatoms. The van der Waals surface area contributed by atoms with Gasteiger partial charge in [0.15, 0.2) is 0 Å². The SMILES string of the molecule is CCOC(=O)C1CCCCN1c1cnc(N)cn1. The summed E-state index contributed by atoms with van der Waals surface area (Å²) in [4.78, 5) is 22.1. The molecule has 0 aliphatic carbocycles. The van der Waals surface area contributed by atoms with E-state index in [1.165, 1.54) is 6.20 Å². The average molecular weight is 250 g/mol. The maximum Gasteiger partial charge on any atom is 0.328 e. The first-order valence-corrected chi connectivity index (χ1v) is 6.23. The molecule has 1 fully saturated rings. The Morgan fingerprint density at radius 3 is 3.00 bits per heavy atom. The van der Waals surface area contributed by atoms with Gasteiger partial charge in [-0.15, -0.1) is 0 Å². The fourth-order valence-electron chi connectivity index (χ4n) is 2.17. The smallest absolute Gasteiger partial charge is 0.328 e. The molecule has 1 aromatic heterocycles. The lowest BCUT2D eigenvalue weighted by molar-refractivity contribution is -0.145. The molecule has 98 valence electrons. The summed E-state index contributed by atoms with van der Waals surface area (Å²) in [6.07, 6.45) is 5.98. The Morgan fingerprint density at radius 1 is 1.50 bits per heavy atom. The predicted octanol–water partition coefficient (Wildman–Crippen LogP) is 0.981. The van der Waals surface area contributed by atoms with Crippen LogP contribution in [0, 0.1) is 0 Å². The third-order valence-corrected chi connectivity index (χ3v) is 3.01. The highest BCUT2D eigenvalue weighted by Crippen LogP contribution is 2.23. The first-order valence-electron chi connectivity index (χ1n) is 6.23. The molecule has 0 bridgehead atoms. The summed E-state index contributed by atoms with van der Waals surface area (Å²) in [5.41, 5.74) is 5.51. The third-order valence-electron chi connectivity index (χ3n) is 3.01. The largest absolute Gasteiger partial charge is 0.464 e. The van der Waals surface area contributed by atoms with Gasteiger partial charge in [-0.25, -0.2) is 14.8 Å². The number of piperidine rings is 1. The number of hydrogen-bond acceptors (Lipinski definition) is 6. The van der Waals surface area contributed by atoms with Gasteiger partial charge in [-0.2, -0.15) is 0 Å². The van der Waals surface area contributed by atoms with Crippen LogP contribution in [-0.2, 0) is 9.53 Å². The van der Waals surface area contributed by atoms with Crippen molar-refractivity contribution in [1.82, 2.24) is 9.97 Å². The predicted molar refractivity (Wildman–Crippen MR) is 68.1 cm³/mol. The van der Waals surface area contributed by atoms with Gasteiger partial charge in [-0.1, -0.05) is 0 Å². The minimum atomic E-state index is -0.253. The average Bonchev–Trinajstić information content (AvgIpc) is 2.40. The number of anilines is 2. The first-order chi connectivity index (χ1) is 8.72. The molecule has 2 rings (SSSR count). The van der Waals surface area contributed by atoms with E-state index in [-0.39, 0.29) is 12.0 Å². The molecule has 6 nitrogen and oxygen atoms in total. The van der Waals surface area contributed by atoms with E-state index in [0.29, 0.717) is 18.2 Å². The number of rotatable bonds is 3. The van der Waals surface area contributed by atoms with Crippen LogP contribution < -0.4 is 10.6 Å². The van der Waals surface area contributed by atoms with E-state index in [0.717, 1.165) is 25.8 Å². The molecule has 2 heterocycles. The number of aromatic nitrogens is 2. The third kappa shape index (κ3) is 2.69. The zero-order chi connectivity index (χ0) is 13.0. The van der Waals surface area contributed by atoms with Gasteiger partial charge in [-0.05, 0) is 26.2 Å².